The van der Waals surface area contributed by atoms with Crippen LogP contribution < -0.4 is 0 Å². The summed E-state index contributed by atoms with van der Waals surface area (Å²) < 4.78 is 0. The molecule has 0 aliphatic heterocycles. The van der Waals surface area contributed by atoms with Gasteiger partial charge in [0.1, 0.15) is 0 Å². The third kappa shape index (κ3) is 0.978. The van der Waals surface area contributed by atoms with Gasteiger partial charge in [-0.1, -0.05) is 33.6 Å². The lowest BCUT2D eigenvalue weighted by Crippen LogP contribution is -2.70. The average molecular weight is 222 g/mol. The fourth-order valence-corrected chi connectivity index (χ4v) is 6.07. The Labute approximate surface area is 99.6 Å². The predicted octanol–water partition coefficient (Wildman–Crippen LogP) is 3.61. The van der Waals surface area contributed by atoms with Crippen molar-refractivity contribution in [2.24, 2.45) is 28.6 Å². The first kappa shape index (κ1) is 11.1. The van der Waals surface area contributed by atoms with Gasteiger partial charge in [-0.25, -0.2) is 0 Å². The maximum Gasteiger partial charge on any atom is 0.0729 e. The highest BCUT2D eigenvalue weighted by Crippen LogP contribution is 2.71. The van der Waals surface area contributed by atoms with Gasteiger partial charge in [0.15, 0.2) is 0 Å². The van der Waals surface area contributed by atoms with Crippen LogP contribution in [-0.2, 0) is 0 Å². The smallest absolute Gasteiger partial charge is 0.0729 e. The van der Waals surface area contributed by atoms with Gasteiger partial charge in [-0.3, -0.25) is 0 Å². The van der Waals surface area contributed by atoms with Crippen LogP contribution in [0.2, 0.25) is 0 Å². The summed E-state index contributed by atoms with van der Waals surface area (Å²) in [6.07, 6.45) is 6.48. The van der Waals surface area contributed by atoms with Gasteiger partial charge in [0.05, 0.1) is 5.60 Å². The van der Waals surface area contributed by atoms with Crippen LogP contribution in [0.1, 0.15) is 59.8 Å². The quantitative estimate of drug-likeness (QED) is 0.664. The summed E-state index contributed by atoms with van der Waals surface area (Å²) in [5, 5.41) is 11.1. The van der Waals surface area contributed by atoms with Gasteiger partial charge in [0.2, 0.25) is 0 Å². The van der Waals surface area contributed by atoms with Crippen LogP contribution in [0.3, 0.4) is 0 Å². The Morgan fingerprint density at radius 3 is 2.50 bits per heavy atom. The first-order valence-electron chi connectivity index (χ1n) is 7.04. The fraction of sp³-hybridized carbons (Fsp3) is 1.00. The Morgan fingerprint density at radius 2 is 1.81 bits per heavy atom. The molecule has 4 saturated carbocycles. The minimum absolute atomic E-state index is 0.168. The van der Waals surface area contributed by atoms with Crippen LogP contribution in [0.5, 0.6) is 0 Å². The van der Waals surface area contributed by atoms with Crippen LogP contribution >= 0.6 is 0 Å². The van der Waals surface area contributed by atoms with E-state index in [-0.39, 0.29) is 10.8 Å². The summed E-state index contributed by atoms with van der Waals surface area (Å²) in [4.78, 5) is 0. The second-order valence-corrected chi connectivity index (χ2v) is 7.61. The van der Waals surface area contributed by atoms with Crippen LogP contribution in [0.4, 0.5) is 0 Å². The molecule has 0 aromatic rings. The van der Waals surface area contributed by atoms with E-state index < -0.39 is 5.60 Å². The summed E-state index contributed by atoms with van der Waals surface area (Å²) in [6.45, 7) is 9.27. The summed E-state index contributed by atoms with van der Waals surface area (Å²) >= 11 is 0. The van der Waals surface area contributed by atoms with E-state index in [1.165, 1.54) is 32.1 Å². The highest BCUT2D eigenvalue weighted by atomic mass is 16.3. The van der Waals surface area contributed by atoms with Crippen molar-refractivity contribution in [3.8, 4) is 0 Å². The topological polar surface area (TPSA) is 20.2 Å². The van der Waals surface area contributed by atoms with Gasteiger partial charge in [-0.05, 0) is 54.8 Å². The molecule has 0 radical (unpaired) electrons. The Hall–Kier alpha value is -0.0400. The standard InChI is InChI=1S/C15H26O/c1-10-8-13(2)9-11-6-5-7-14(3,12(10)11)15(13,4)16/h10-12,16H,5-9H2,1-4H3. The fourth-order valence-electron chi connectivity index (χ4n) is 6.07. The Morgan fingerprint density at radius 1 is 1.12 bits per heavy atom. The second-order valence-electron chi connectivity index (χ2n) is 7.61. The van der Waals surface area contributed by atoms with Crippen LogP contribution in [0, 0.1) is 28.6 Å². The van der Waals surface area contributed by atoms with Gasteiger partial charge in [0, 0.05) is 0 Å². The number of aliphatic hydroxyl groups is 1. The van der Waals surface area contributed by atoms with E-state index in [0.717, 1.165) is 17.8 Å². The van der Waals surface area contributed by atoms with E-state index in [2.05, 4.69) is 27.7 Å². The minimum Gasteiger partial charge on any atom is -0.389 e. The lowest BCUT2D eigenvalue weighted by Gasteiger charge is -2.71. The van der Waals surface area contributed by atoms with E-state index in [0.29, 0.717) is 0 Å². The number of hydrogen-bond acceptors (Lipinski definition) is 1. The van der Waals surface area contributed by atoms with Crippen molar-refractivity contribution < 1.29 is 5.11 Å². The molecule has 92 valence electrons. The van der Waals surface area contributed by atoms with E-state index in [4.69, 9.17) is 0 Å². The molecule has 1 nitrogen and oxygen atoms in total. The maximum absolute atomic E-state index is 11.1. The van der Waals surface area contributed by atoms with Gasteiger partial charge in [-0.15, -0.1) is 0 Å². The van der Waals surface area contributed by atoms with Crippen molar-refractivity contribution in [1.82, 2.24) is 0 Å². The predicted molar refractivity (Wildman–Crippen MR) is 66.1 cm³/mol. The highest BCUT2D eigenvalue weighted by molar-refractivity contribution is 5.18. The molecule has 6 atom stereocenters. The minimum atomic E-state index is -0.450. The van der Waals surface area contributed by atoms with Gasteiger partial charge < -0.3 is 5.11 Å². The van der Waals surface area contributed by atoms with Crippen molar-refractivity contribution in [2.45, 2.75) is 65.4 Å². The molecule has 4 aliphatic rings. The maximum atomic E-state index is 11.1. The average Bonchev–Trinajstić information content (AvgIpc) is 2.14. The largest absolute Gasteiger partial charge is 0.389 e. The van der Waals surface area contributed by atoms with Crippen LogP contribution in [0.25, 0.3) is 0 Å². The molecule has 4 aliphatic carbocycles. The molecule has 0 spiro atoms. The molecule has 4 rings (SSSR count). The number of hydrogen-bond donors (Lipinski definition) is 1. The first-order valence-corrected chi connectivity index (χ1v) is 7.04. The van der Waals surface area contributed by atoms with Crippen LogP contribution in [-0.4, -0.2) is 10.7 Å². The third-order valence-corrected chi connectivity index (χ3v) is 6.90. The molecule has 1 N–H and O–H groups in total. The van der Waals surface area contributed by atoms with Crippen molar-refractivity contribution >= 4 is 0 Å². The van der Waals surface area contributed by atoms with E-state index in [1.807, 2.05) is 0 Å². The lowest BCUT2D eigenvalue weighted by molar-refractivity contribution is -0.284. The number of rotatable bonds is 0. The molecule has 0 saturated heterocycles. The zero-order valence-corrected chi connectivity index (χ0v) is 11.2. The molecule has 4 bridgehead atoms. The van der Waals surface area contributed by atoms with E-state index in [1.54, 1.807) is 0 Å². The number of fused-ring (bicyclic) bond motifs is 1. The van der Waals surface area contributed by atoms with Gasteiger partial charge >= 0.3 is 0 Å². The van der Waals surface area contributed by atoms with Crippen molar-refractivity contribution in [2.75, 3.05) is 0 Å². The lowest BCUT2D eigenvalue weighted by atomic mass is 9.35. The Bertz CT molecular complexity index is 321. The summed E-state index contributed by atoms with van der Waals surface area (Å²) in [5.74, 6) is 2.49. The highest BCUT2D eigenvalue weighted by Gasteiger charge is 2.69. The van der Waals surface area contributed by atoms with Gasteiger partial charge in [-0.2, -0.15) is 0 Å². The van der Waals surface area contributed by atoms with Gasteiger partial charge in [0.25, 0.3) is 0 Å². The van der Waals surface area contributed by atoms with E-state index >= 15 is 0 Å². The van der Waals surface area contributed by atoms with Crippen molar-refractivity contribution in [3.63, 3.8) is 0 Å². The molecule has 4 fully saturated rings. The molecular weight excluding hydrogens is 196 g/mol. The normalized spacial score (nSPS) is 64.7. The molecule has 6 unspecified atom stereocenters. The zero-order valence-electron chi connectivity index (χ0n) is 11.2. The Balaban J connectivity index is 2.14. The third-order valence-electron chi connectivity index (χ3n) is 6.90. The summed E-state index contributed by atoms with van der Waals surface area (Å²) in [7, 11) is 0. The second kappa shape index (κ2) is 2.85. The molecule has 16 heavy (non-hydrogen) atoms. The summed E-state index contributed by atoms with van der Waals surface area (Å²) in [5.41, 5.74) is -0.102. The zero-order chi connectivity index (χ0) is 11.8. The van der Waals surface area contributed by atoms with Crippen molar-refractivity contribution in [3.05, 3.63) is 0 Å². The monoisotopic (exact) mass is 222 g/mol. The summed E-state index contributed by atoms with van der Waals surface area (Å²) in [6, 6.07) is 0. The van der Waals surface area contributed by atoms with Crippen molar-refractivity contribution in [1.29, 1.82) is 0 Å². The molecule has 0 amide bonds. The van der Waals surface area contributed by atoms with E-state index in [9.17, 15) is 5.11 Å². The molecular formula is C15H26O. The molecule has 1 heteroatoms. The molecule has 0 heterocycles. The first-order chi connectivity index (χ1) is 7.32. The molecule has 0 aromatic heterocycles. The van der Waals surface area contributed by atoms with Crippen LogP contribution in [0.15, 0.2) is 0 Å². The SMILES string of the molecule is CC1CC2(C)CC3CCCC(C)(C13)C2(C)O. The molecule has 0 aromatic carbocycles. The Kier molecular flexibility index (Phi) is 1.98.